The molecule has 1 aromatic heterocycles. The van der Waals surface area contributed by atoms with Crippen molar-refractivity contribution in [3.8, 4) is 0 Å². The van der Waals surface area contributed by atoms with E-state index >= 15 is 0 Å². The van der Waals surface area contributed by atoms with Crippen LogP contribution in [0.15, 0.2) is 40.9 Å². The van der Waals surface area contributed by atoms with Gasteiger partial charge in [0.2, 0.25) is 0 Å². The molecule has 1 fully saturated rings. The van der Waals surface area contributed by atoms with Gasteiger partial charge in [-0.15, -0.1) is 0 Å². The van der Waals surface area contributed by atoms with Crippen LogP contribution in [0.2, 0.25) is 0 Å². The first-order valence-corrected chi connectivity index (χ1v) is 7.12. The van der Waals surface area contributed by atoms with Gasteiger partial charge >= 0.3 is 0 Å². The van der Waals surface area contributed by atoms with Crippen LogP contribution in [0, 0.1) is 6.92 Å². The maximum Gasteiger partial charge on any atom is 0.133 e. The van der Waals surface area contributed by atoms with Crippen molar-refractivity contribution in [2.24, 2.45) is 0 Å². The lowest BCUT2D eigenvalue weighted by atomic mass is 10.0. The number of hydrogen-bond donors (Lipinski definition) is 0. The number of hydrogen-bond acceptors (Lipinski definition) is 4. The largest absolute Gasteiger partial charge is 0.361 e. The maximum absolute atomic E-state index is 5.15. The van der Waals surface area contributed by atoms with Gasteiger partial charge in [0, 0.05) is 38.3 Å². The van der Waals surface area contributed by atoms with Crippen molar-refractivity contribution in [3.05, 3.63) is 53.4 Å². The van der Waals surface area contributed by atoms with Crippen molar-refractivity contribution >= 4 is 0 Å². The fourth-order valence-corrected chi connectivity index (χ4v) is 2.83. The Bertz CT molecular complexity index is 552. The van der Waals surface area contributed by atoms with Crippen LogP contribution in [0.5, 0.6) is 0 Å². The third-order valence-electron chi connectivity index (χ3n) is 3.98. The van der Waals surface area contributed by atoms with Gasteiger partial charge in [-0.3, -0.25) is 9.80 Å². The minimum Gasteiger partial charge on any atom is -0.361 e. The number of rotatable bonds is 3. The number of aryl methyl sites for hydroxylation is 1. The molecule has 4 heteroatoms. The summed E-state index contributed by atoms with van der Waals surface area (Å²) in [6, 6.07) is 13.2. The Morgan fingerprint density at radius 1 is 1.25 bits per heavy atom. The first-order valence-electron chi connectivity index (χ1n) is 7.12. The van der Waals surface area contributed by atoms with Crippen LogP contribution in [0.4, 0.5) is 0 Å². The average molecular weight is 271 g/mol. The molecular weight excluding hydrogens is 250 g/mol. The molecule has 0 radical (unpaired) electrons. The molecule has 1 aliphatic heterocycles. The van der Waals surface area contributed by atoms with Crippen molar-refractivity contribution < 1.29 is 4.52 Å². The van der Waals surface area contributed by atoms with Crippen LogP contribution in [0.1, 0.15) is 23.1 Å². The summed E-state index contributed by atoms with van der Waals surface area (Å²) in [7, 11) is 2.20. The van der Waals surface area contributed by atoms with Crippen molar-refractivity contribution in [3.63, 3.8) is 0 Å². The molecular formula is C16H21N3O. The molecule has 1 saturated heterocycles. The summed E-state index contributed by atoms with van der Waals surface area (Å²) in [5, 5.41) is 4.10. The summed E-state index contributed by atoms with van der Waals surface area (Å²) in [6.45, 7) is 6.00. The smallest absolute Gasteiger partial charge is 0.133 e. The van der Waals surface area contributed by atoms with E-state index < -0.39 is 0 Å². The second-order valence-corrected chi connectivity index (χ2v) is 5.57. The van der Waals surface area contributed by atoms with Crippen molar-refractivity contribution in [2.45, 2.75) is 19.5 Å². The number of benzene rings is 1. The number of piperazine rings is 1. The predicted molar refractivity (Wildman–Crippen MR) is 78.3 cm³/mol. The summed E-state index contributed by atoms with van der Waals surface area (Å²) < 4.78 is 5.15. The Morgan fingerprint density at radius 2 is 2.05 bits per heavy atom. The fourth-order valence-electron chi connectivity index (χ4n) is 2.83. The minimum atomic E-state index is 0.456. The highest BCUT2D eigenvalue weighted by Crippen LogP contribution is 2.24. The van der Waals surface area contributed by atoms with Gasteiger partial charge in [-0.2, -0.15) is 0 Å². The van der Waals surface area contributed by atoms with Gasteiger partial charge in [-0.05, 0) is 19.5 Å². The maximum atomic E-state index is 5.15. The van der Waals surface area contributed by atoms with Crippen LogP contribution in [0.25, 0.3) is 0 Å². The zero-order valence-electron chi connectivity index (χ0n) is 12.1. The molecule has 0 saturated carbocycles. The van der Waals surface area contributed by atoms with E-state index in [1.165, 1.54) is 5.56 Å². The van der Waals surface area contributed by atoms with Crippen LogP contribution >= 0.6 is 0 Å². The Hall–Kier alpha value is -1.65. The Kier molecular flexibility index (Phi) is 3.85. The molecule has 4 nitrogen and oxygen atoms in total. The molecule has 106 valence electrons. The summed E-state index contributed by atoms with van der Waals surface area (Å²) in [5.41, 5.74) is 2.41. The van der Waals surface area contributed by atoms with Gasteiger partial charge < -0.3 is 4.52 Å². The zero-order chi connectivity index (χ0) is 13.9. The van der Waals surface area contributed by atoms with E-state index in [2.05, 4.69) is 52.3 Å². The third-order valence-corrected chi connectivity index (χ3v) is 3.98. The Labute approximate surface area is 120 Å². The van der Waals surface area contributed by atoms with Gasteiger partial charge in [-0.1, -0.05) is 35.5 Å². The fraction of sp³-hybridized carbons (Fsp3) is 0.438. The molecule has 0 bridgehead atoms. The SMILES string of the molecule is Cc1cc(CN2CCN(C)[C@H](c3ccccc3)C2)no1. The second-order valence-electron chi connectivity index (χ2n) is 5.57. The lowest BCUT2D eigenvalue weighted by Crippen LogP contribution is -2.46. The lowest BCUT2D eigenvalue weighted by Gasteiger charge is -2.39. The molecule has 2 aromatic rings. The van der Waals surface area contributed by atoms with Gasteiger partial charge in [0.15, 0.2) is 0 Å². The highest BCUT2D eigenvalue weighted by molar-refractivity contribution is 5.20. The quantitative estimate of drug-likeness (QED) is 0.858. The first-order chi connectivity index (χ1) is 9.72. The number of likely N-dealkylation sites (N-methyl/N-ethyl adjacent to an activating group) is 1. The molecule has 1 atom stereocenters. The van der Waals surface area contributed by atoms with Gasteiger partial charge in [0.1, 0.15) is 5.76 Å². The zero-order valence-corrected chi connectivity index (χ0v) is 12.1. The minimum absolute atomic E-state index is 0.456. The van der Waals surface area contributed by atoms with Crippen molar-refractivity contribution in [1.82, 2.24) is 15.0 Å². The topological polar surface area (TPSA) is 32.5 Å². The van der Waals surface area contributed by atoms with Gasteiger partial charge in [-0.25, -0.2) is 0 Å². The molecule has 0 aliphatic carbocycles. The summed E-state index contributed by atoms with van der Waals surface area (Å²) in [6.07, 6.45) is 0. The van der Waals surface area contributed by atoms with Gasteiger partial charge in [0.05, 0.1) is 5.69 Å². The number of aromatic nitrogens is 1. The predicted octanol–water partition coefficient (Wildman–Crippen LogP) is 2.47. The van der Waals surface area contributed by atoms with Crippen LogP contribution in [0.3, 0.4) is 0 Å². The monoisotopic (exact) mass is 271 g/mol. The lowest BCUT2D eigenvalue weighted by molar-refractivity contribution is 0.0888. The Morgan fingerprint density at radius 3 is 2.75 bits per heavy atom. The van der Waals surface area contributed by atoms with Crippen LogP contribution in [-0.4, -0.2) is 41.6 Å². The molecule has 1 aromatic carbocycles. The van der Waals surface area contributed by atoms with E-state index in [4.69, 9.17) is 4.52 Å². The van der Waals surface area contributed by atoms with E-state index in [1.807, 2.05) is 13.0 Å². The molecule has 0 spiro atoms. The molecule has 1 aliphatic rings. The van der Waals surface area contributed by atoms with Crippen molar-refractivity contribution in [2.75, 3.05) is 26.7 Å². The second kappa shape index (κ2) is 5.77. The van der Waals surface area contributed by atoms with E-state index in [0.29, 0.717) is 6.04 Å². The average Bonchev–Trinajstić information content (AvgIpc) is 2.87. The highest BCUT2D eigenvalue weighted by Gasteiger charge is 2.25. The van der Waals surface area contributed by atoms with E-state index in [0.717, 1.165) is 37.6 Å². The molecule has 0 N–H and O–H groups in total. The third kappa shape index (κ3) is 2.92. The normalized spacial score (nSPS) is 21.2. The summed E-state index contributed by atoms with van der Waals surface area (Å²) in [4.78, 5) is 4.88. The summed E-state index contributed by atoms with van der Waals surface area (Å²) >= 11 is 0. The molecule has 3 rings (SSSR count). The Balaban J connectivity index is 1.70. The first kappa shape index (κ1) is 13.3. The summed E-state index contributed by atoms with van der Waals surface area (Å²) in [5.74, 6) is 0.883. The van der Waals surface area contributed by atoms with E-state index in [1.54, 1.807) is 0 Å². The molecule has 2 heterocycles. The molecule has 20 heavy (non-hydrogen) atoms. The van der Waals surface area contributed by atoms with Crippen molar-refractivity contribution in [1.29, 1.82) is 0 Å². The van der Waals surface area contributed by atoms with E-state index in [9.17, 15) is 0 Å². The van der Waals surface area contributed by atoms with Crippen LogP contribution < -0.4 is 0 Å². The van der Waals surface area contributed by atoms with E-state index in [-0.39, 0.29) is 0 Å². The highest BCUT2D eigenvalue weighted by atomic mass is 16.5. The van der Waals surface area contributed by atoms with Gasteiger partial charge in [0.25, 0.3) is 0 Å². The number of nitrogens with zero attached hydrogens (tertiary/aromatic N) is 3. The van der Waals surface area contributed by atoms with Crippen LogP contribution in [-0.2, 0) is 6.54 Å². The standard InChI is InChI=1S/C16H21N3O/c1-13-10-15(17-20-13)11-19-9-8-18(2)16(12-19)14-6-4-3-5-7-14/h3-7,10,16H,8-9,11-12H2,1-2H3/t16-/m0/s1. The molecule has 0 amide bonds. The molecule has 0 unspecified atom stereocenters.